The zero-order valence-electron chi connectivity index (χ0n) is 18.5. The number of allylic oxidation sites excluding steroid dienone is 4. The number of carbonyl (C=O) groups is 1. The molecule has 0 amide bonds. The maximum Gasteiger partial charge on any atom is 0.196 e. The van der Waals surface area contributed by atoms with E-state index in [0.29, 0.717) is 17.0 Å². The van der Waals surface area contributed by atoms with Crippen LogP contribution >= 0.6 is 0 Å². The molecule has 1 aliphatic rings. The third-order valence-electron chi connectivity index (χ3n) is 6.27. The van der Waals surface area contributed by atoms with E-state index in [1.165, 1.54) is 11.3 Å². The number of carbonyl (C=O) groups excluding carboxylic acids is 1. The lowest BCUT2D eigenvalue weighted by molar-refractivity contribution is 0.105. The summed E-state index contributed by atoms with van der Waals surface area (Å²) in [4.78, 5) is 23.8. The summed E-state index contributed by atoms with van der Waals surface area (Å²) in [6.45, 7) is 4.43. The van der Waals surface area contributed by atoms with E-state index in [4.69, 9.17) is 4.98 Å². The standard InChI is InChI=1S/C28H25N3O/c1-28(2)21-13-7-10-16-24(21)31(3)25(28)18-17-20(26(32)19-11-5-4-6-12-19)27-29-22-14-8-9-15-23(22)30-27/h4-18H,1-3H3,(H,29,30)/b20-17-,25-18-. The first kappa shape index (κ1) is 20.0. The smallest absolute Gasteiger partial charge is 0.196 e. The summed E-state index contributed by atoms with van der Waals surface area (Å²) in [6, 6.07) is 25.6. The van der Waals surface area contributed by atoms with Gasteiger partial charge in [-0.25, -0.2) is 4.98 Å². The number of para-hydroxylation sites is 3. The van der Waals surface area contributed by atoms with Crippen LogP contribution in [0.4, 0.5) is 5.69 Å². The van der Waals surface area contributed by atoms with Crippen LogP contribution in [0.1, 0.15) is 35.6 Å². The van der Waals surface area contributed by atoms with Crippen molar-refractivity contribution in [3.05, 3.63) is 114 Å². The van der Waals surface area contributed by atoms with Crippen LogP contribution in [0.25, 0.3) is 16.6 Å². The molecule has 0 bridgehead atoms. The Kier molecular flexibility index (Phi) is 4.78. The van der Waals surface area contributed by atoms with Gasteiger partial charge in [0.15, 0.2) is 5.78 Å². The molecular weight excluding hydrogens is 394 g/mol. The monoisotopic (exact) mass is 419 g/mol. The number of likely N-dealkylation sites (N-methyl/N-ethyl adjacent to an activating group) is 1. The lowest BCUT2D eigenvalue weighted by Gasteiger charge is -2.23. The predicted octanol–water partition coefficient (Wildman–Crippen LogP) is 6.14. The molecule has 0 spiro atoms. The highest BCUT2D eigenvalue weighted by Crippen LogP contribution is 2.46. The van der Waals surface area contributed by atoms with Gasteiger partial charge in [-0.1, -0.05) is 74.5 Å². The van der Waals surface area contributed by atoms with Gasteiger partial charge in [-0.05, 0) is 35.9 Å². The van der Waals surface area contributed by atoms with E-state index in [0.717, 1.165) is 16.7 Å². The Hall–Kier alpha value is -3.92. The van der Waals surface area contributed by atoms with E-state index < -0.39 is 0 Å². The number of fused-ring (bicyclic) bond motifs is 2. The molecular formula is C28H25N3O. The summed E-state index contributed by atoms with van der Waals surface area (Å²) in [5.74, 6) is 0.519. The number of imidazole rings is 1. The number of benzene rings is 3. The lowest BCUT2D eigenvalue weighted by atomic mass is 9.83. The van der Waals surface area contributed by atoms with Crippen LogP contribution in [0, 0.1) is 0 Å². The number of ketones is 1. The maximum atomic E-state index is 13.5. The highest BCUT2D eigenvalue weighted by Gasteiger charge is 2.37. The summed E-state index contributed by atoms with van der Waals surface area (Å²) in [5.41, 5.74) is 6.36. The second-order valence-corrected chi connectivity index (χ2v) is 8.63. The molecule has 5 rings (SSSR count). The van der Waals surface area contributed by atoms with Crippen LogP contribution in [0.2, 0.25) is 0 Å². The molecule has 1 N–H and O–H groups in total. The minimum atomic E-state index is -0.170. The topological polar surface area (TPSA) is 49.0 Å². The van der Waals surface area contributed by atoms with E-state index in [1.807, 2.05) is 60.7 Å². The second-order valence-electron chi connectivity index (χ2n) is 8.63. The van der Waals surface area contributed by atoms with Crippen molar-refractivity contribution in [1.29, 1.82) is 0 Å². The second kappa shape index (κ2) is 7.65. The van der Waals surface area contributed by atoms with Crippen molar-refractivity contribution in [2.45, 2.75) is 19.3 Å². The number of Topliss-reactive ketones (excluding diaryl/α,β-unsaturated/α-hetero) is 1. The Morgan fingerprint density at radius 1 is 0.938 bits per heavy atom. The molecule has 4 aromatic rings. The van der Waals surface area contributed by atoms with Crippen LogP contribution in [-0.2, 0) is 5.41 Å². The molecule has 2 heterocycles. The Balaban J connectivity index is 1.65. The lowest BCUT2D eigenvalue weighted by Crippen LogP contribution is -2.22. The number of aromatic nitrogens is 2. The average molecular weight is 420 g/mol. The van der Waals surface area contributed by atoms with Gasteiger partial charge in [0, 0.05) is 29.4 Å². The normalized spacial score (nSPS) is 16.5. The third kappa shape index (κ3) is 3.25. The molecule has 0 radical (unpaired) electrons. The van der Waals surface area contributed by atoms with Crippen molar-refractivity contribution >= 4 is 28.1 Å². The van der Waals surface area contributed by atoms with Crippen LogP contribution in [0.3, 0.4) is 0 Å². The zero-order valence-corrected chi connectivity index (χ0v) is 18.5. The Morgan fingerprint density at radius 2 is 1.62 bits per heavy atom. The number of aromatic amines is 1. The maximum absolute atomic E-state index is 13.5. The number of nitrogens with one attached hydrogen (secondary N) is 1. The highest BCUT2D eigenvalue weighted by molar-refractivity contribution is 6.28. The first-order chi connectivity index (χ1) is 15.5. The Labute approximate surface area is 187 Å². The quantitative estimate of drug-likeness (QED) is 0.319. The molecule has 0 aliphatic carbocycles. The van der Waals surface area contributed by atoms with Gasteiger partial charge in [-0.2, -0.15) is 0 Å². The third-order valence-corrected chi connectivity index (χ3v) is 6.27. The highest BCUT2D eigenvalue weighted by atomic mass is 16.1. The Bertz CT molecular complexity index is 1340. The number of hydrogen-bond donors (Lipinski definition) is 1. The number of anilines is 1. The number of nitrogens with zero attached hydrogens (tertiary/aromatic N) is 2. The van der Waals surface area contributed by atoms with E-state index in [1.54, 1.807) is 0 Å². The van der Waals surface area contributed by atoms with Crippen LogP contribution in [-0.4, -0.2) is 22.8 Å². The molecule has 0 saturated heterocycles. The fourth-order valence-corrected chi connectivity index (χ4v) is 4.55. The van der Waals surface area contributed by atoms with E-state index in [9.17, 15) is 4.79 Å². The summed E-state index contributed by atoms with van der Waals surface area (Å²) in [5, 5.41) is 0. The molecule has 32 heavy (non-hydrogen) atoms. The molecule has 4 heteroatoms. The molecule has 158 valence electrons. The summed E-state index contributed by atoms with van der Waals surface area (Å²) in [6.07, 6.45) is 3.97. The minimum absolute atomic E-state index is 0.0579. The average Bonchev–Trinajstić information content (AvgIpc) is 3.32. The number of rotatable bonds is 4. The summed E-state index contributed by atoms with van der Waals surface area (Å²) < 4.78 is 0. The van der Waals surface area contributed by atoms with Gasteiger partial charge in [0.05, 0.1) is 16.6 Å². The van der Waals surface area contributed by atoms with E-state index >= 15 is 0 Å². The van der Waals surface area contributed by atoms with Crippen molar-refractivity contribution in [3.63, 3.8) is 0 Å². The predicted molar refractivity (Wildman–Crippen MR) is 131 cm³/mol. The van der Waals surface area contributed by atoms with Gasteiger partial charge >= 0.3 is 0 Å². The van der Waals surface area contributed by atoms with Crippen molar-refractivity contribution in [2.75, 3.05) is 11.9 Å². The number of hydrogen-bond acceptors (Lipinski definition) is 3. The van der Waals surface area contributed by atoms with Gasteiger partial charge in [-0.3, -0.25) is 4.79 Å². The molecule has 4 nitrogen and oxygen atoms in total. The van der Waals surface area contributed by atoms with Gasteiger partial charge in [0.1, 0.15) is 5.82 Å². The number of H-pyrrole nitrogens is 1. The van der Waals surface area contributed by atoms with Gasteiger partial charge in [-0.15, -0.1) is 0 Å². The molecule has 0 fully saturated rings. The molecule has 1 aliphatic heterocycles. The van der Waals surface area contributed by atoms with E-state index in [2.05, 4.69) is 61.1 Å². The summed E-state index contributed by atoms with van der Waals surface area (Å²) >= 11 is 0. The SMILES string of the molecule is CN1/C(=C\C=C(\C(=O)c2ccccc2)c2nc3ccccc3[nH]2)C(C)(C)c2ccccc21. The van der Waals surface area contributed by atoms with Crippen molar-refractivity contribution < 1.29 is 4.79 Å². The first-order valence-electron chi connectivity index (χ1n) is 10.8. The van der Waals surface area contributed by atoms with Crippen molar-refractivity contribution in [1.82, 2.24) is 9.97 Å². The zero-order chi connectivity index (χ0) is 22.3. The molecule has 0 saturated carbocycles. The van der Waals surface area contributed by atoms with Crippen molar-refractivity contribution in [2.24, 2.45) is 0 Å². The molecule has 1 aromatic heterocycles. The fraction of sp³-hybridized carbons (Fsp3) is 0.143. The van der Waals surface area contributed by atoms with Crippen LogP contribution < -0.4 is 4.90 Å². The van der Waals surface area contributed by atoms with E-state index in [-0.39, 0.29) is 11.2 Å². The largest absolute Gasteiger partial charge is 0.347 e. The van der Waals surface area contributed by atoms with Crippen LogP contribution in [0.5, 0.6) is 0 Å². The molecule has 0 unspecified atom stereocenters. The van der Waals surface area contributed by atoms with Crippen molar-refractivity contribution in [3.8, 4) is 0 Å². The van der Waals surface area contributed by atoms with Gasteiger partial charge in [0.2, 0.25) is 0 Å². The van der Waals surface area contributed by atoms with Gasteiger partial charge < -0.3 is 9.88 Å². The molecule has 0 atom stereocenters. The van der Waals surface area contributed by atoms with Crippen LogP contribution in [0.15, 0.2) is 96.7 Å². The summed E-state index contributed by atoms with van der Waals surface area (Å²) in [7, 11) is 2.08. The minimum Gasteiger partial charge on any atom is -0.347 e. The first-order valence-corrected chi connectivity index (χ1v) is 10.8. The molecule has 3 aromatic carbocycles. The Morgan fingerprint density at radius 3 is 2.38 bits per heavy atom. The fourth-order valence-electron chi connectivity index (χ4n) is 4.55. The van der Waals surface area contributed by atoms with Gasteiger partial charge in [0.25, 0.3) is 0 Å².